The summed E-state index contributed by atoms with van der Waals surface area (Å²) in [4.78, 5) is 13.3. The van der Waals surface area contributed by atoms with Gasteiger partial charge in [0.05, 0.1) is 12.7 Å². The predicted octanol–water partition coefficient (Wildman–Crippen LogP) is 2.58. The summed E-state index contributed by atoms with van der Waals surface area (Å²) in [6, 6.07) is 11.6. The lowest BCUT2D eigenvalue weighted by molar-refractivity contribution is -0.127. The first kappa shape index (κ1) is 11.5. The molecular formula is C14H15NO2. The first-order valence-electron chi connectivity index (χ1n) is 5.50. The molecule has 2 aromatic rings. The summed E-state index contributed by atoms with van der Waals surface area (Å²) in [6.45, 7) is 0. The lowest BCUT2D eigenvalue weighted by atomic mass is 10.0. The summed E-state index contributed by atoms with van der Waals surface area (Å²) in [6.07, 6.45) is 2.03. The number of hydrogen-bond donors (Lipinski definition) is 0. The molecule has 0 fully saturated rings. The molecule has 0 radical (unpaired) electrons. The van der Waals surface area contributed by atoms with E-state index in [4.69, 9.17) is 4.42 Å². The maximum atomic E-state index is 11.7. The van der Waals surface area contributed by atoms with Crippen LogP contribution >= 0.6 is 0 Å². The minimum absolute atomic E-state index is 0.0870. The van der Waals surface area contributed by atoms with Gasteiger partial charge in [-0.3, -0.25) is 4.79 Å². The Morgan fingerprint density at radius 2 is 1.94 bits per heavy atom. The summed E-state index contributed by atoms with van der Waals surface area (Å²) in [5, 5.41) is 0. The van der Waals surface area contributed by atoms with Crippen molar-refractivity contribution in [2.75, 3.05) is 14.1 Å². The Balaban J connectivity index is 2.32. The van der Waals surface area contributed by atoms with Crippen LogP contribution in [0.5, 0.6) is 0 Å². The van der Waals surface area contributed by atoms with Crippen LogP contribution in [-0.4, -0.2) is 24.9 Å². The van der Waals surface area contributed by atoms with Crippen molar-refractivity contribution in [1.82, 2.24) is 4.90 Å². The van der Waals surface area contributed by atoms with Gasteiger partial charge in [0.1, 0.15) is 5.76 Å². The monoisotopic (exact) mass is 229 g/mol. The van der Waals surface area contributed by atoms with E-state index in [0.29, 0.717) is 6.42 Å². The van der Waals surface area contributed by atoms with Gasteiger partial charge in [0.15, 0.2) is 0 Å². The third-order valence-electron chi connectivity index (χ3n) is 2.64. The van der Waals surface area contributed by atoms with E-state index in [9.17, 15) is 4.79 Å². The fraction of sp³-hybridized carbons (Fsp3) is 0.214. The Kier molecular flexibility index (Phi) is 3.28. The Labute approximate surface area is 101 Å². The van der Waals surface area contributed by atoms with Crippen LogP contribution < -0.4 is 0 Å². The number of benzene rings is 1. The highest BCUT2D eigenvalue weighted by Crippen LogP contribution is 2.24. The van der Waals surface area contributed by atoms with Crippen molar-refractivity contribution in [2.24, 2.45) is 0 Å². The molecule has 0 bridgehead atoms. The van der Waals surface area contributed by atoms with Gasteiger partial charge >= 0.3 is 0 Å². The molecule has 17 heavy (non-hydrogen) atoms. The Hall–Kier alpha value is -2.03. The van der Waals surface area contributed by atoms with Crippen LogP contribution in [0.2, 0.25) is 0 Å². The average Bonchev–Trinajstić information content (AvgIpc) is 2.83. The molecule has 2 rings (SSSR count). The molecule has 0 aliphatic rings. The number of likely N-dealkylation sites (N-methyl/N-ethyl adjacent to an activating group) is 1. The number of carbonyl (C=O) groups is 1. The number of nitrogens with zero attached hydrogens (tertiary/aromatic N) is 1. The number of hydrogen-bond acceptors (Lipinski definition) is 2. The first-order chi connectivity index (χ1) is 8.18. The van der Waals surface area contributed by atoms with Gasteiger partial charge in [-0.25, -0.2) is 0 Å². The van der Waals surface area contributed by atoms with Crippen LogP contribution in [0.25, 0.3) is 11.3 Å². The van der Waals surface area contributed by atoms with Crippen LogP contribution in [0.3, 0.4) is 0 Å². The van der Waals surface area contributed by atoms with Crippen molar-refractivity contribution in [3.63, 3.8) is 0 Å². The number of carbonyl (C=O) groups excluding carboxylic acids is 1. The van der Waals surface area contributed by atoms with Crippen molar-refractivity contribution in [3.8, 4) is 11.3 Å². The molecule has 0 N–H and O–H groups in total. The molecule has 1 amide bonds. The van der Waals surface area contributed by atoms with Gasteiger partial charge in [-0.15, -0.1) is 0 Å². The van der Waals surface area contributed by atoms with Gasteiger partial charge in [0.25, 0.3) is 0 Å². The van der Waals surface area contributed by atoms with Crippen molar-refractivity contribution in [3.05, 3.63) is 48.2 Å². The topological polar surface area (TPSA) is 33.5 Å². The third-order valence-corrected chi connectivity index (χ3v) is 2.64. The van der Waals surface area contributed by atoms with Gasteiger partial charge in [0, 0.05) is 19.7 Å². The summed E-state index contributed by atoms with van der Waals surface area (Å²) >= 11 is 0. The summed E-state index contributed by atoms with van der Waals surface area (Å²) in [5.74, 6) is 0.885. The number of rotatable bonds is 3. The van der Waals surface area contributed by atoms with Crippen molar-refractivity contribution in [1.29, 1.82) is 0 Å². The van der Waals surface area contributed by atoms with Gasteiger partial charge in [-0.05, 0) is 17.7 Å². The zero-order chi connectivity index (χ0) is 12.3. The summed E-state index contributed by atoms with van der Waals surface area (Å²) in [5.41, 5.74) is 1.97. The highest BCUT2D eigenvalue weighted by molar-refractivity contribution is 5.81. The fourth-order valence-electron chi connectivity index (χ4n) is 1.67. The molecule has 88 valence electrons. The fourth-order valence-corrected chi connectivity index (χ4v) is 1.67. The van der Waals surface area contributed by atoms with Crippen molar-refractivity contribution in [2.45, 2.75) is 6.42 Å². The summed E-state index contributed by atoms with van der Waals surface area (Å²) in [7, 11) is 3.52. The zero-order valence-electron chi connectivity index (χ0n) is 10.0. The zero-order valence-corrected chi connectivity index (χ0v) is 10.0. The van der Waals surface area contributed by atoms with Gasteiger partial charge < -0.3 is 9.32 Å². The van der Waals surface area contributed by atoms with E-state index in [2.05, 4.69) is 0 Å². The minimum atomic E-state index is 0.0870. The van der Waals surface area contributed by atoms with E-state index < -0.39 is 0 Å². The maximum absolute atomic E-state index is 11.7. The molecule has 0 spiro atoms. The molecule has 0 aliphatic heterocycles. The molecule has 3 heteroatoms. The van der Waals surface area contributed by atoms with Crippen molar-refractivity contribution < 1.29 is 9.21 Å². The van der Waals surface area contributed by atoms with Gasteiger partial charge in [-0.1, -0.05) is 24.3 Å². The minimum Gasteiger partial charge on any atom is -0.464 e. The Morgan fingerprint density at radius 1 is 1.18 bits per heavy atom. The van der Waals surface area contributed by atoms with Crippen LogP contribution in [0.15, 0.2) is 47.1 Å². The summed E-state index contributed by atoms with van der Waals surface area (Å²) < 4.78 is 5.38. The Bertz CT molecular complexity index is 501. The number of furan rings is 1. The number of amides is 1. The molecule has 1 heterocycles. The largest absolute Gasteiger partial charge is 0.464 e. The quantitative estimate of drug-likeness (QED) is 0.810. The molecule has 3 nitrogen and oxygen atoms in total. The smallest absolute Gasteiger partial charge is 0.226 e. The lowest BCUT2D eigenvalue weighted by Crippen LogP contribution is -2.23. The molecule has 0 atom stereocenters. The molecule has 1 aromatic carbocycles. The average molecular weight is 229 g/mol. The normalized spacial score (nSPS) is 10.2. The standard InChI is InChI=1S/C14H15NO2/c1-15(2)14(16)10-11-6-3-4-7-12(11)13-8-5-9-17-13/h3-9H,10H2,1-2H3. The third kappa shape index (κ3) is 2.56. The van der Waals surface area contributed by atoms with Gasteiger partial charge in [0.2, 0.25) is 5.91 Å². The van der Waals surface area contributed by atoms with Crippen LogP contribution in [0.4, 0.5) is 0 Å². The first-order valence-corrected chi connectivity index (χ1v) is 5.50. The molecule has 1 aromatic heterocycles. The van der Waals surface area contributed by atoms with E-state index >= 15 is 0 Å². The van der Waals surface area contributed by atoms with E-state index in [0.717, 1.165) is 16.9 Å². The van der Waals surface area contributed by atoms with Gasteiger partial charge in [-0.2, -0.15) is 0 Å². The van der Waals surface area contributed by atoms with E-state index in [1.54, 1.807) is 25.3 Å². The van der Waals surface area contributed by atoms with E-state index in [1.165, 1.54) is 0 Å². The van der Waals surface area contributed by atoms with Crippen LogP contribution in [0.1, 0.15) is 5.56 Å². The Morgan fingerprint density at radius 3 is 2.59 bits per heavy atom. The van der Waals surface area contributed by atoms with E-state index in [-0.39, 0.29) is 5.91 Å². The molecular weight excluding hydrogens is 214 g/mol. The molecule has 0 aliphatic carbocycles. The van der Waals surface area contributed by atoms with Crippen molar-refractivity contribution >= 4 is 5.91 Å². The molecule has 0 saturated heterocycles. The predicted molar refractivity (Wildman–Crippen MR) is 66.5 cm³/mol. The van der Waals surface area contributed by atoms with E-state index in [1.807, 2.05) is 36.4 Å². The second kappa shape index (κ2) is 4.87. The highest BCUT2D eigenvalue weighted by Gasteiger charge is 2.11. The lowest BCUT2D eigenvalue weighted by Gasteiger charge is -2.12. The van der Waals surface area contributed by atoms with Crippen LogP contribution in [-0.2, 0) is 11.2 Å². The molecule has 0 unspecified atom stereocenters. The maximum Gasteiger partial charge on any atom is 0.226 e. The van der Waals surface area contributed by atoms with Crippen LogP contribution in [0, 0.1) is 0 Å². The SMILES string of the molecule is CN(C)C(=O)Cc1ccccc1-c1ccco1. The highest BCUT2D eigenvalue weighted by atomic mass is 16.3. The second-order valence-corrected chi connectivity index (χ2v) is 4.10. The second-order valence-electron chi connectivity index (χ2n) is 4.10. The molecule has 0 saturated carbocycles.